The fourth-order valence-electron chi connectivity index (χ4n) is 3.01. The molecule has 1 heterocycles. The molecule has 1 aromatic carbocycles. The van der Waals surface area contributed by atoms with Crippen LogP contribution in [0.25, 0.3) is 11.4 Å². The molecule has 1 aliphatic rings. The van der Waals surface area contributed by atoms with Gasteiger partial charge in [-0.2, -0.15) is 0 Å². The van der Waals surface area contributed by atoms with Crippen LogP contribution in [0, 0.1) is 0 Å². The second-order valence-electron chi connectivity index (χ2n) is 6.20. The van der Waals surface area contributed by atoms with Gasteiger partial charge in [0.1, 0.15) is 0 Å². The van der Waals surface area contributed by atoms with Gasteiger partial charge in [-0.1, -0.05) is 43.7 Å². The van der Waals surface area contributed by atoms with E-state index < -0.39 is 10.0 Å². The maximum absolute atomic E-state index is 12.2. The second-order valence-corrected chi connectivity index (χ2v) is 8.07. The average Bonchev–Trinajstić information content (AvgIpc) is 2.60. The zero-order chi connectivity index (χ0) is 17.0. The molecule has 0 saturated carbocycles. The van der Waals surface area contributed by atoms with Gasteiger partial charge in [0.05, 0.1) is 5.75 Å². The summed E-state index contributed by atoms with van der Waals surface area (Å²) >= 11 is 0. The largest absolute Gasteiger partial charge is 0.236 e. The first-order valence-corrected chi connectivity index (χ1v) is 10.2. The van der Waals surface area contributed by atoms with E-state index in [0.29, 0.717) is 12.2 Å². The van der Waals surface area contributed by atoms with E-state index in [1.807, 2.05) is 37.3 Å². The lowest BCUT2D eigenvalue weighted by molar-refractivity contribution is 0.499. The summed E-state index contributed by atoms with van der Waals surface area (Å²) in [5.41, 5.74) is 2.85. The summed E-state index contributed by atoms with van der Waals surface area (Å²) in [6.45, 7) is 1.99. The molecule has 1 aliphatic carbocycles. The third-order valence-electron chi connectivity index (χ3n) is 4.30. The fraction of sp³-hybridized carbons (Fsp3) is 0.444. The Morgan fingerprint density at radius 1 is 1.25 bits per heavy atom. The quantitative estimate of drug-likeness (QED) is 0.872. The van der Waals surface area contributed by atoms with Crippen molar-refractivity contribution in [1.82, 2.24) is 14.7 Å². The number of rotatable bonds is 6. The van der Waals surface area contributed by atoms with Crippen molar-refractivity contribution in [3.8, 4) is 11.4 Å². The van der Waals surface area contributed by atoms with E-state index in [1.54, 1.807) is 6.20 Å². The van der Waals surface area contributed by atoms with Gasteiger partial charge < -0.3 is 0 Å². The molecule has 6 heteroatoms. The first kappa shape index (κ1) is 17.0. The van der Waals surface area contributed by atoms with Crippen LogP contribution in [0.15, 0.2) is 36.5 Å². The molecule has 0 bridgehead atoms. The van der Waals surface area contributed by atoms with Crippen molar-refractivity contribution in [1.29, 1.82) is 0 Å². The third-order valence-corrected chi connectivity index (χ3v) is 5.77. The molecular weight excluding hydrogens is 322 g/mol. The van der Waals surface area contributed by atoms with Crippen LogP contribution in [0.3, 0.4) is 0 Å². The van der Waals surface area contributed by atoms with Crippen LogP contribution >= 0.6 is 0 Å². The molecule has 0 amide bonds. The number of hydrogen-bond acceptors (Lipinski definition) is 4. The molecule has 0 unspecified atom stereocenters. The van der Waals surface area contributed by atoms with E-state index in [-0.39, 0.29) is 11.8 Å². The van der Waals surface area contributed by atoms with Crippen LogP contribution in [-0.2, 0) is 16.4 Å². The summed E-state index contributed by atoms with van der Waals surface area (Å²) in [5, 5.41) is 0. The number of unbranched alkanes of at least 4 members (excludes halogenated alkanes) is 1. The summed E-state index contributed by atoms with van der Waals surface area (Å²) in [6.07, 6.45) is 5.93. The highest BCUT2D eigenvalue weighted by molar-refractivity contribution is 7.89. The molecule has 0 radical (unpaired) electrons. The van der Waals surface area contributed by atoms with Gasteiger partial charge in [0.15, 0.2) is 5.82 Å². The van der Waals surface area contributed by atoms with Crippen LogP contribution in [-0.4, -0.2) is 24.1 Å². The lowest BCUT2D eigenvalue weighted by Gasteiger charge is -2.25. The standard InChI is InChI=1S/C18H23N3O2S/c1-2-3-12-24(22,23)21-17-11-7-10-16-15(17)13-19-18(20-16)14-8-5-4-6-9-14/h4-6,8-9,13,17,21H,2-3,7,10-12H2,1H3/t17-/m1/s1. The van der Waals surface area contributed by atoms with Crippen molar-refractivity contribution in [3.63, 3.8) is 0 Å². The molecule has 0 fully saturated rings. The highest BCUT2D eigenvalue weighted by atomic mass is 32.2. The van der Waals surface area contributed by atoms with E-state index in [9.17, 15) is 8.42 Å². The van der Waals surface area contributed by atoms with E-state index in [1.165, 1.54) is 0 Å². The van der Waals surface area contributed by atoms with Gasteiger partial charge in [-0.05, 0) is 25.7 Å². The van der Waals surface area contributed by atoms with Gasteiger partial charge in [-0.3, -0.25) is 0 Å². The first-order valence-electron chi connectivity index (χ1n) is 8.50. The Morgan fingerprint density at radius 2 is 2.04 bits per heavy atom. The number of benzene rings is 1. The molecule has 2 aromatic rings. The van der Waals surface area contributed by atoms with Crippen molar-refractivity contribution < 1.29 is 8.42 Å². The van der Waals surface area contributed by atoms with E-state index >= 15 is 0 Å². The van der Waals surface area contributed by atoms with Crippen LogP contribution < -0.4 is 4.72 Å². The lowest BCUT2D eigenvalue weighted by atomic mass is 9.93. The van der Waals surface area contributed by atoms with Gasteiger partial charge in [0, 0.05) is 29.1 Å². The zero-order valence-electron chi connectivity index (χ0n) is 13.9. The topological polar surface area (TPSA) is 72.0 Å². The van der Waals surface area contributed by atoms with Crippen LogP contribution in [0.2, 0.25) is 0 Å². The van der Waals surface area contributed by atoms with Crippen LogP contribution in [0.4, 0.5) is 0 Å². The minimum Gasteiger partial charge on any atom is -0.236 e. The Labute approximate surface area is 143 Å². The van der Waals surface area contributed by atoms with Gasteiger partial charge in [0.25, 0.3) is 0 Å². The van der Waals surface area contributed by atoms with Crippen LogP contribution in [0.1, 0.15) is 49.9 Å². The van der Waals surface area contributed by atoms with Crippen molar-refractivity contribution in [2.75, 3.05) is 5.75 Å². The summed E-state index contributed by atoms with van der Waals surface area (Å²) in [6, 6.07) is 9.64. The Bertz CT molecular complexity index is 791. The average molecular weight is 345 g/mol. The number of nitrogens with zero attached hydrogens (tertiary/aromatic N) is 2. The maximum atomic E-state index is 12.2. The molecular formula is C18H23N3O2S. The molecule has 1 atom stereocenters. The fourth-order valence-corrected chi connectivity index (χ4v) is 4.47. The number of sulfonamides is 1. The molecule has 1 aromatic heterocycles. The number of fused-ring (bicyclic) bond motifs is 1. The lowest BCUT2D eigenvalue weighted by Crippen LogP contribution is -2.33. The molecule has 24 heavy (non-hydrogen) atoms. The monoisotopic (exact) mass is 345 g/mol. The number of nitrogens with one attached hydrogen (secondary N) is 1. The highest BCUT2D eigenvalue weighted by Gasteiger charge is 2.26. The molecule has 0 spiro atoms. The number of aryl methyl sites for hydroxylation is 1. The first-order chi connectivity index (χ1) is 11.6. The third kappa shape index (κ3) is 3.99. The molecule has 0 aliphatic heterocycles. The van der Waals surface area contributed by atoms with Crippen molar-refractivity contribution in [3.05, 3.63) is 47.8 Å². The zero-order valence-corrected chi connectivity index (χ0v) is 14.7. The predicted octanol–water partition coefficient (Wildman–Crippen LogP) is 3.24. The minimum absolute atomic E-state index is 0.179. The Hall–Kier alpha value is -1.79. The minimum atomic E-state index is -3.25. The SMILES string of the molecule is CCCCS(=O)(=O)N[C@@H]1CCCc2nc(-c3ccccc3)ncc21. The molecule has 3 rings (SSSR count). The number of hydrogen-bond donors (Lipinski definition) is 1. The normalized spacial score (nSPS) is 17.5. The summed E-state index contributed by atoms with van der Waals surface area (Å²) in [7, 11) is -3.25. The smallest absolute Gasteiger partial charge is 0.212 e. The molecule has 5 nitrogen and oxygen atoms in total. The summed E-state index contributed by atoms with van der Waals surface area (Å²) in [5.74, 6) is 0.877. The van der Waals surface area contributed by atoms with Gasteiger partial charge in [0.2, 0.25) is 10.0 Å². The molecule has 0 saturated heterocycles. The molecule has 1 N–H and O–H groups in total. The van der Waals surface area contributed by atoms with Gasteiger partial charge in [-0.25, -0.2) is 23.1 Å². The van der Waals surface area contributed by atoms with Gasteiger partial charge in [-0.15, -0.1) is 0 Å². The van der Waals surface area contributed by atoms with Crippen molar-refractivity contribution >= 4 is 10.0 Å². The van der Waals surface area contributed by atoms with E-state index in [4.69, 9.17) is 0 Å². The summed E-state index contributed by atoms with van der Waals surface area (Å²) < 4.78 is 27.2. The van der Waals surface area contributed by atoms with Crippen molar-refractivity contribution in [2.45, 2.75) is 45.1 Å². The summed E-state index contributed by atoms with van der Waals surface area (Å²) in [4.78, 5) is 9.14. The van der Waals surface area contributed by atoms with E-state index in [0.717, 1.165) is 42.5 Å². The van der Waals surface area contributed by atoms with E-state index in [2.05, 4.69) is 14.7 Å². The Balaban J connectivity index is 1.84. The number of aromatic nitrogens is 2. The predicted molar refractivity (Wildman–Crippen MR) is 95.0 cm³/mol. The Morgan fingerprint density at radius 3 is 2.79 bits per heavy atom. The molecule has 128 valence electrons. The second kappa shape index (κ2) is 7.40. The Kier molecular flexibility index (Phi) is 5.26. The highest BCUT2D eigenvalue weighted by Crippen LogP contribution is 2.30. The van der Waals surface area contributed by atoms with Crippen LogP contribution in [0.5, 0.6) is 0 Å². The maximum Gasteiger partial charge on any atom is 0.212 e. The van der Waals surface area contributed by atoms with Crippen molar-refractivity contribution in [2.24, 2.45) is 0 Å². The van der Waals surface area contributed by atoms with Gasteiger partial charge >= 0.3 is 0 Å².